The standard InChI is InChI=1S/C10H14N4O2/c1-10(2)7-6(8(11)13-5-12-7)4-14(10)9(15)16-3/h5H,4H2,1-3H3,(H2,11,12,13). The number of aromatic nitrogens is 2. The molecule has 0 fully saturated rings. The molecular weight excluding hydrogens is 208 g/mol. The van der Waals surface area contributed by atoms with Crippen LogP contribution in [0.2, 0.25) is 0 Å². The van der Waals surface area contributed by atoms with Crippen molar-refractivity contribution in [1.82, 2.24) is 14.9 Å². The average Bonchev–Trinajstić information content (AvgIpc) is 2.52. The van der Waals surface area contributed by atoms with E-state index < -0.39 is 5.54 Å². The van der Waals surface area contributed by atoms with Crippen LogP contribution in [0.3, 0.4) is 0 Å². The summed E-state index contributed by atoms with van der Waals surface area (Å²) in [4.78, 5) is 21.3. The molecular formula is C10H14N4O2. The summed E-state index contributed by atoms with van der Waals surface area (Å²) in [7, 11) is 1.36. The molecule has 2 heterocycles. The van der Waals surface area contributed by atoms with Crippen molar-refractivity contribution < 1.29 is 9.53 Å². The number of anilines is 1. The molecule has 16 heavy (non-hydrogen) atoms. The summed E-state index contributed by atoms with van der Waals surface area (Å²) >= 11 is 0. The second-order valence-electron chi connectivity index (χ2n) is 4.20. The first kappa shape index (κ1) is 10.7. The highest BCUT2D eigenvalue weighted by Crippen LogP contribution is 2.39. The Morgan fingerprint density at radius 1 is 1.56 bits per heavy atom. The monoisotopic (exact) mass is 222 g/mol. The van der Waals surface area contributed by atoms with E-state index in [4.69, 9.17) is 10.5 Å². The molecule has 0 atom stereocenters. The Kier molecular flexibility index (Phi) is 2.22. The van der Waals surface area contributed by atoms with Crippen LogP contribution in [0.4, 0.5) is 10.6 Å². The van der Waals surface area contributed by atoms with Gasteiger partial charge in [-0.2, -0.15) is 0 Å². The lowest BCUT2D eigenvalue weighted by Crippen LogP contribution is -2.40. The number of hydrogen-bond donors (Lipinski definition) is 1. The number of fused-ring (bicyclic) bond motifs is 1. The van der Waals surface area contributed by atoms with Gasteiger partial charge >= 0.3 is 6.09 Å². The Labute approximate surface area is 93.4 Å². The van der Waals surface area contributed by atoms with Gasteiger partial charge in [-0.3, -0.25) is 4.90 Å². The number of hydrogen-bond acceptors (Lipinski definition) is 5. The van der Waals surface area contributed by atoms with Crippen LogP contribution < -0.4 is 5.73 Å². The maximum absolute atomic E-state index is 11.6. The first-order chi connectivity index (χ1) is 7.48. The van der Waals surface area contributed by atoms with Crippen LogP contribution >= 0.6 is 0 Å². The maximum atomic E-state index is 11.6. The number of nitrogens with zero attached hydrogens (tertiary/aromatic N) is 3. The molecule has 0 bridgehead atoms. The summed E-state index contributed by atoms with van der Waals surface area (Å²) in [5.74, 6) is 0.421. The third-order valence-electron chi connectivity index (χ3n) is 2.94. The fraction of sp³-hybridized carbons (Fsp3) is 0.500. The molecule has 0 unspecified atom stereocenters. The summed E-state index contributed by atoms with van der Waals surface area (Å²) in [6.07, 6.45) is 1.03. The Morgan fingerprint density at radius 2 is 2.25 bits per heavy atom. The largest absolute Gasteiger partial charge is 0.453 e. The van der Waals surface area contributed by atoms with E-state index in [1.54, 1.807) is 4.90 Å². The number of nitrogens with two attached hydrogens (primary N) is 1. The lowest BCUT2D eigenvalue weighted by molar-refractivity contribution is 0.0818. The van der Waals surface area contributed by atoms with Crippen molar-refractivity contribution in [3.63, 3.8) is 0 Å². The maximum Gasteiger partial charge on any atom is 0.410 e. The summed E-state index contributed by atoms with van der Waals surface area (Å²) < 4.78 is 4.74. The van der Waals surface area contributed by atoms with Crippen LogP contribution in [-0.4, -0.2) is 28.1 Å². The van der Waals surface area contributed by atoms with E-state index >= 15 is 0 Å². The van der Waals surface area contributed by atoms with Crippen LogP contribution in [-0.2, 0) is 16.8 Å². The molecule has 0 saturated carbocycles. The van der Waals surface area contributed by atoms with Crippen LogP contribution in [0.15, 0.2) is 6.33 Å². The Bertz CT molecular complexity index is 444. The Balaban J connectivity index is 2.49. The first-order valence-corrected chi connectivity index (χ1v) is 4.94. The van der Waals surface area contributed by atoms with E-state index in [0.717, 1.165) is 11.3 Å². The topological polar surface area (TPSA) is 81.3 Å². The van der Waals surface area contributed by atoms with E-state index in [2.05, 4.69) is 9.97 Å². The van der Waals surface area contributed by atoms with E-state index in [9.17, 15) is 4.79 Å². The van der Waals surface area contributed by atoms with Gasteiger partial charge in [-0.05, 0) is 13.8 Å². The minimum Gasteiger partial charge on any atom is -0.453 e. The average molecular weight is 222 g/mol. The third-order valence-corrected chi connectivity index (χ3v) is 2.94. The van der Waals surface area contributed by atoms with Gasteiger partial charge in [0.2, 0.25) is 0 Å². The molecule has 6 nitrogen and oxygen atoms in total. The van der Waals surface area contributed by atoms with Gasteiger partial charge in [0.1, 0.15) is 12.1 Å². The number of methoxy groups -OCH3 is 1. The third kappa shape index (κ3) is 1.30. The second kappa shape index (κ2) is 3.33. The van der Waals surface area contributed by atoms with Crippen LogP contribution in [0.1, 0.15) is 25.1 Å². The van der Waals surface area contributed by atoms with E-state index in [1.165, 1.54) is 13.4 Å². The van der Waals surface area contributed by atoms with Gasteiger partial charge in [-0.1, -0.05) is 0 Å². The van der Waals surface area contributed by atoms with Gasteiger partial charge in [0.05, 0.1) is 24.9 Å². The van der Waals surface area contributed by atoms with Crippen LogP contribution in [0.5, 0.6) is 0 Å². The van der Waals surface area contributed by atoms with Gasteiger partial charge in [0, 0.05) is 5.56 Å². The van der Waals surface area contributed by atoms with Gasteiger partial charge in [-0.25, -0.2) is 14.8 Å². The minimum absolute atomic E-state index is 0.387. The summed E-state index contributed by atoms with van der Waals surface area (Å²) in [5, 5.41) is 0. The van der Waals surface area contributed by atoms with Crippen molar-refractivity contribution in [3.8, 4) is 0 Å². The molecule has 0 aliphatic carbocycles. The number of nitrogen functional groups attached to an aromatic ring is 1. The zero-order valence-corrected chi connectivity index (χ0v) is 9.52. The second-order valence-corrected chi connectivity index (χ2v) is 4.20. The molecule has 1 aromatic rings. The molecule has 1 aromatic heterocycles. The van der Waals surface area contributed by atoms with Crippen molar-refractivity contribution in [2.45, 2.75) is 25.9 Å². The van der Waals surface area contributed by atoms with Crippen LogP contribution in [0, 0.1) is 0 Å². The highest BCUT2D eigenvalue weighted by molar-refractivity contribution is 5.71. The minimum atomic E-state index is -0.514. The lowest BCUT2D eigenvalue weighted by Gasteiger charge is -2.29. The van der Waals surface area contributed by atoms with Crippen molar-refractivity contribution in [2.75, 3.05) is 12.8 Å². The molecule has 0 spiro atoms. The lowest BCUT2D eigenvalue weighted by atomic mass is 10.0. The molecule has 2 N–H and O–H groups in total. The molecule has 6 heteroatoms. The number of carbonyl (C=O) groups excluding carboxylic acids is 1. The van der Waals surface area contributed by atoms with Crippen LogP contribution in [0.25, 0.3) is 0 Å². The molecule has 0 radical (unpaired) electrons. The SMILES string of the molecule is COC(=O)N1Cc2c(N)ncnc2C1(C)C. The smallest absolute Gasteiger partial charge is 0.410 e. The normalized spacial score (nSPS) is 17.1. The Morgan fingerprint density at radius 3 is 2.81 bits per heavy atom. The van der Waals surface area contributed by atoms with Crippen molar-refractivity contribution in [2.24, 2.45) is 0 Å². The fourth-order valence-electron chi connectivity index (χ4n) is 2.00. The van der Waals surface area contributed by atoms with Crippen molar-refractivity contribution >= 4 is 11.9 Å². The summed E-state index contributed by atoms with van der Waals surface area (Å²) in [5.41, 5.74) is 6.84. The van der Waals surface area contributed by atoms with Gasteiger partial charge < -0.3 is 10.5 Å². The molecule has 1 aliphatic heterocycles. The highest BCUT2D eigenvalue weighted by Gasteiger charge is 2.43. The van der Waals surface area contributed by atoms with E-state index in [0.29, 0.717) is 12.4 Å². The molecule has 86 valence electrons. The fourth-order valence-corrected chi connectivity index (χ4v) is 2.00. The molecule has 2 rings (SSSR count). The van der Waals surface area contributed by atoms with Crippen molar-refractivity contribution in [1.29, 1.82) is 0 Å². The zero-order chi connectivity index (χ0) is 11.9. The highest BCUT2D eigenvalue weighted by atomic mass is 16.5. The first-order valence-electron chi connectivity index (χ1n) is 4.94. The van der Waals surface area contributed by atoms with E-state index in [-0.39, 0.29) is 6.09 Å². The van der Waals surface area contributed by atoms with Gasteiger partial charge in [0.25, 0.3) is 0 Å². The Hall–Kier alpha value is -1.85. The van der Waals surface area contributed by atoms with Gasteiger partial charge in [-0.15, -0.1) is 0 Å². The zero-order valence-electron chi connectivity index (χ0n) is 9.52. The molecule has 0 saturated heterocycles. The summed E-state index contributed by atoms with van der Waals surface area (Å²) in [6.45, 7) is 4.20. The van der Waals surface area contributed by atoms with Gasteiger partial charge in [0.15, 0.2) is 0 Å². The van der Waals surface area contributed by atoms with E-state index in [1.807, 2.05) is 13.8 Å². The number of rotatable bonds is 0. The predicted octanol–water partition coefficient (Wildman–Crippen LogP) is 0.876. The summed E-state index contributed by atoms with van der Waals surface area (Å²) in [6, 6.07) is 0. The molecule has 0 aromatic carbocycles. The number of ether oxygens (including phenoxy) is 1. The van der Waals surface area contributed by atoms with Crippen molar-refractivity contribution in [3.05, 3.63) is 17.6 Å². The molecule has 1 aliphatic rings. The molecule has 1 amide bonds. The quantitative estimate of drug-likeness (QED) is 0.704. The predicted molar refractivity (Wildman–Crippen MR) is 57.4 cm³/mol. The number of amides is 1. The number of carbonyl (C=O) groups is 1.